The number of carbonyl (C=O) groups excluding carboxylic acids is 1. The minimum absolute atomic E-state index is 0.0265. The van der Waals surface area contributed by atoms with E-state index in [2.05, 4.69) is 10.1 Å². The van der Waals surface area contributed by atoms with Crippen molar-refractivity contribution in [1.82, 2.24) is 15.0 Å². The Bertz CT molecular complexity index is 1030. The van der Waals surface area contributed by atoms with Crippen molar-refractivity contribution < 1.29 is 18.8 Å². The molecule has 1 unspecified atom stereocenters. The number of hydrogen-bond acceptors (Lipinski definition) is 6. The summed E-state index contributed by atoms with van der Waals surface area (Å²) in [5.74, 6) is 1.79. The maximum absolute atomic E-state index is 13.5. The first kappa shape index (κ1) is 18.8. The van der Waals surface area contributed by atoms with E-state index in [0.29, 0.717) is 30.4 Å². The lowest BCUT2D eigenvalue weighted by Gasteiger charge is -2.28. The number of amides is 1. The molecule has 2 aliphatic heterocycles. The number of aromatic nitrogens is 2. The van der Waals surface area contributed by atoms with Gasteiger partial charge in [0, 0.05) is 23.2 Å². The van der Waals surface area contributed by atoms with Crippen molar-refractivity contribution in [3.05, 3.63) is 65.5 Å². The van der Waals surface area contributed by atoms with Gasteiger partial charge < -0.3 is 18.9 Å². The van der Waals surface area contributed by atoms with Crippen LogP contribution in [0.1, 0.15) is 53.5 Å². The molecule has 3 aromatic rings. The van der Waals surface area contributed by atoms with Gasteiger partial charge in [0.25, 0.3) is 11.8 Å². The number of fused-ring (bicyclic) bond motifs is 1. The van der Waals surface area contributed by atoms with Crippen molar-refractivity contribution >= 4 is 5.91 Å². The van der Waals surface area contributed by atoms with E-state index in [1.807, 2.05) is 53.4 Å². The molecule has 7 heteroatoms. The summed E-state index contributed by atoms with van der Waals surface area (Å²) in [6, 6.07) is 15.0. The lowest BCUT2D eigenvalue weighted by atomic mass is 10.1. The van der Waals surface area contributed by atoms with Crippen LogP contribution in [0.4, 0.5) is 0 Å². The molecule has 1 saturated heterocycles. The number of rotatable bonds is 3. The van der Waals surface area contributed by atoms with Crippen molar-refractivity contribution in [3.8, 4) is 17.2 Å². The van der Waals surface area contributed by atoms with Gasteiger partial charge >= 0.3 is 0 Å². The van der Waals surface area contributed by atoms with Crippen LogP contribution in [-0.2, 0) is 11.3 Å². The van der Waals surface area contributed by atoms with Crippen LogP contribution >= 0.6 is 0 Å². The van der Waals surface area contributed by atoms with Gasteiger partial charge in [-0.1, -0.05) is 36.2 Å². The second-order valence-corrected chi connectivity index (χ2v) is 7.62. The van der Waals surface area contributed by atoms with E-state index in [9.17, 15) is 4.79 Å². The van der Waals surface area contributed by atoms with E-state index in [0.717, 1.165) is 42.6 Å². The summed E-state index contributed by atoms with van der Waals surface area (Å²) in [5.41, 5.74) is 2.39. The molecule has 2 aromatic carbocycles. The molecule has 154 valence electrons. The Morgan fingerprint density at radius 3 is 2.87 bits per heavy atom. The fourth-order valence-electron chi connectivity index (χ4n) is 4.08. The van der Waals surface area contributed by atoms with Crippen molar-refractivity contribution in [3.63, 3.8) is 0 Å². The van der Waals surface area contributed by atoms with Gasteiger partial charge in [0.05, 0.1) is 12.6 Å². The van der Waals surface area contributed by atoms with Crippen molar-refractivity contribution in [2.75, 3.05) is 13.3 Å². The Balaban J connectivity index is 1.44. The second-order valence-electron chi connectivity index (χ2n) is 7.62. The molecule has 1 amide bonds. The van der Waals surface area contributed by atoms with Crippen LogP contribution in [0.3, 0.4) is 0 Å². The van der Waals surface area contributed by atoms with Crippen LogP contribution in [0.5, 0.6) is 5.75 Å². The quantitative estimate of drug-likeness (QED) is 0.644. The van der Waals surface area contributed by atoms with Gasteiger partial charge in [-0.2, -0.15) is 4.98 Å². The Kier molecular flexibility index (Phi) is 5.19. The molecule has 1 fully saturated rings. The molecule has 0 aliphatic carbocycles. The predicted molar refractivity (Wildman–Crippen MR) is 109 cm³/mol. The predicted octanol–water partition coefficient (Wildman–Crippen LogP) is 4.36. The molecule has 3 heterocycles. The zero-order chi connectivity index (χ0) is 20.3. The van der Waals surface area contributed by atoms with Crippen molar-refractivity contribution in [1.29, 1.82) is 0 Å². The highest BCUT2D eigenvalue weighted by molar-refractivity contribution is 5.95. The first-order valence-electron chi connectivity index (χ1n) is 10.3. The van der Waals surface area contributed by atoms with Crippen LogP contribution < -0.4 is 4.74 Å². The molecule has 30 heavy (non-hydrogen) atoms. The van der Waals surface area contributed by atoms with Gasteiger partial charge in [-0.25, -0.2) is 0 Å². The van der Waals surface area contributed by atoms with E-state index in [4.69, 9.17) is 14.0 Å². The fourth-order valence-corrected chi connectivity index (χ4v) is 4.08. The summed E-state index contributed by atoms with van der Waals surface area (Å²) in [6.45, 7) is 1.37. The van der Waals surface area contributed by atoms with E-state index >= 15 is 0 Å². The molecular formula is C23H23N3O4. The zero-order valence-corrected chi connectivity index (χ0v) is 16.6. The molecule has 0 radical (unpaired) electrons. The average molecular weight is 405 g/mol. The number of benzene rings is 2. The first-order valence-corrected chi connectivity index (χ1v) is 10.3. The highest BCUT2D eigenvalue weighted by Gasteiger charge is 2.31. The summed E-state index contributed by atoms with van der Waals surface area (Å²) in [5, 5.41) is 4.23. The first-order chi connectivity index (χ1) is 14.8. The Hall–Kier alpha value is -3.19. The normalized spacial score (nSPS) is 18.9. The molecule has 1 atom stereocenters. The maximum atomic E-state index is 13.5. The molecule has 0 N–H and O–H groups in total. The Morgan fingerprint density at radius 2 is 1.97 bits per heavy atom. The minimum atomic E-state index is -0.204. The van der Waals surface area contributed by atoms with E-state index < -0.39 is 0 Å². The average Bonchev–Trinajstić information content (AvgIpc) is 3.17. The van der Waals surface area contributed by atoms with Crippen LogP contribution in [0.2, 0.25) is 0 Å². The Labute approximate surface area is 174 Å². The topological polar surface area (TPSA) is 77.7 Å². The lowest BCUT2D eigenvalue weighted by Crippen LogP contribution is -2.35. The smallest absolute Gasteiger partial charge is 0.257 e. The van der Waals surface area contributed by atoms with Gasteiger partial charge in [-0.15, -0.1) is 0 Å². The van der Waals surface area contributed by atoms with Gasteiger partial charge in [-0.05, 0) is 43.2 Å². The summed E-state index contributed by atoms with van der Waals surface area (Å²) < 4.78 is 16.4. The molecule has 2 aliphatic rings. The minimum Gasteiger partial charge on any atom is -0.467 e. The zero-order valence-electron chi connectivity index (χ0n) is 16.6. The molecule has 0 spiro atoms. The summed E-state index contributed by atoms with van der Waals surface area (Å²) in [7, 11) is 0. The maximum Gasteiger partial charge on any atom is 0.257 e. The van der Waals surface area contributed by atoms with Gasteiger partial charge in [0.2, 0.25) is 0 Å². The van der Waals surface area contributed by atoms with Gasteiger partial charge in [0.1, 0.15) is 5.75 Å². The fraction of sp³-hybridized carbons (Fsp3) is 0.348. The SMILES string of the molecule is O=C(c1ccc2c(c1)COCO2)N1CCCCCC1c1noc(-c2ccccc2)n1. The monoisotopic (exact) mass is 405 g/mol. The summed E-state index contributed by atoms with van der Waals surface area (Å²) >= 11 is 0. The molecular weight excluding hydrogens is 382 g/mol. The van der Waals surface area contributed by atoms with Crippen LogP contribution in [0, 0.1) is 0 Å². The van der Waals surface area contributed by atoms with E-state index in [1.165, 1.54) is 0 Å². The highest BCUT2D eigenvalue weighted by atomic mass is 16.7. The van der Waals surface area contributed by atoms with Crippen LogP contribution in [0.15, 0.2) is 53.1 Å². The third-order valence-electron chi connectivity index (χ3n) is 5.64. The molecule has 5 rings (SSSR count). The number of hydrogen-bond donors (Lipinski definition) is 0. The molecule has 0 saturated carbocycles. The number of carbonyl (C=O) groups is 1. The third kappa shape index (κ3) is 3.68. The van der Waals surface area contributed by atoms with E-state index in [1.54, 1.807) is 0 Å². The summed E-state index contributed by atoms with van der Waals surface area (Å²) in [6.07, 6.45) is 3.88. The molecule has 1 aromatic heterocycles. The number of likely N-dealkylation sites (tertiary alicyclic amines) is 1. The number of ether oxygens (including phenoxy) is 2. The second kappa shape index (κ2) is 8.28. The lowest BCUT2D eigenvalue weighted by molar-refractivity contribution is -0.0164. The largest absolute Gasteiger partial charge is 0.467 e. The Morgan fingerprint density at radius 1 is 1.07 bits per heavy atom. The van der Waals surface area contributed by atoms with Crippen molar-refractivity contribution in [2.24, 2.45) is 0 Å². The van der Waals surface area contributed by atoms with Gasteiger partial charge in [0.15, 0.2) is 12.6 Å². The van der Waals surface area contributed by atoms with Crippen molar-refractivity contribution in [2.45, 2.75) is 38.3 Å². The standard InChI is InChI=1S/C23H23N3O4/c27-23(17-10-11-20-18(13-17)14-28-15-29-20)26-12-6-2-5-9-19(26)21-24-22(30-25-21)16-7-3-1-4-8-16/h1,3-4,7-8,10-11,13,19H,2,5-6,9,12,14-15H2. The van der Waals surface area contributed by atoms with Crippen LogP contribution in [-0.4, -0.2) is 34.3 Å². The molecule has 7 nitrogen and oxygen atoms in total. The highest BCUT2D eigenvalue weighted by Crippen LogP contribution is 2.32. The number of nitrogens with zero attached hydrogens (tertiary/aromatic N) is 3. The van der Waals surface area contributed by atoms with E-state index in [-0.39, 0.29) is 18.7 Å². The molecule has 0 bridgehead atoms. The van der Waals surface area contributed by atoms with Gasteiger partial charge in [-0.3, -0.25) is 4.79 Å². The van der Waals surface area contributed by atoms with Crippen LogP contribution in [0.25, 0.3) is 11.5 Å². The third-order valence-corrected chi connectivity index (χ3v) is 5.64. The summed E-state index contributed by atoms with van der Waals surface area (Å²) in [4.78, 5) is 20.0.